The van der Waals surface area contributed by atoms with Gasteiger partial charge in [0.05, 0.1) is 24.3 Å². The van der Waals surface area contributed by atoms with Crippen LogP contribution in [0.5, 0.6) is 11.5 Å². The highest BCUT2D eigenvalue weighted by atomic mass is 31.2. The number of hydrogen-bond acceptors (Lipinski definition) is 7. The van der Waals surface area contributed by atoms with Gasteiger partial charge in [0.25, 0.3) is 0 Å². The summed E-state index contributed by atoms with van der Waals surface area (Å²) in [5.41, 5.74) is 2.66. The Morgan fingerprint density at radius 1 is 0.638 bits per heavy atom. The predicted molar refractivity (Wildman–Crippen MR) is 187 cm³/mol. The van der Waals surface area contributed by atoms with Gasteiger partial charge in [-0.15, -0.1) is 0 Å². The van der Waals surface area contributed by atoms with Crippen LogP contribution >= 0.6 is 7.82 Å². The third kappa shape index (κ3) is 15.2. The summed E-state index contributed by atoms with van der Waals surface area (Å²) in [7, 11) is -4.17. The van der Waals surface area contributed by atoms with Gasteiger partial charge < -0.3 is 18.5 Å². The molecule has 0 saturated heterocycles. The molecule has 3 aromatic carbocycles. The smallest absolute Gasteiger partial charge is 0.462 e. The molecule has 2 unspecified atom stereocenters. The molecule has 0 aromatic heterocycles. The summed E-state index contributed by atoms with van der Waals surface area (Å²) >= 11 is 0. The molecule has 8 nitrogen and oxygen atoms in total. The number of unbranched alkanes of at least 4 members (excludes halogenated alkanes) is 2. The molecule has 258 valence electrons. The molecule has 47 heavy (non-hydrogen) atoms. The monoisotopic (exact) mass is 668 g/mol. The molecule has 9 heteroatoms. The van der Waals surface area contributed by atoms with Crippen LogP contribution in [0.25, 0.3) is 0 Å². The molecular weight excluding hydrogens is 615 g/mol. The Kier molecular flexibility index (Phi) is 17.9. The molecule has 0 heterocycles. The fourth-order valence-corrected chi connectivity index (χ4v) is 5.47. The second-order valence-electron chi connectivity index (χ2n) is 11.9. The zero-order valence-electron chi connectivity index (χ0n) is 28.9. The van der Waals surface area contributed by atoms with Gasteiger partial charge in [0, 0.05) is 0 Å². The zero-order valence-corrected chi connectivity index (χ0v) is 29.8. The van der Waals surface area contributed by atoms with E-state index >= 15 is 0 Å². The maximum Gasteiger partial charge on any atom is 0.584 e. The van der Waals surface area contributed by atoms with E-state index in [1.165, 1.54) is 0 Å². The SMILES string of the molecule is CCCCC(CC)COC(=O)c1ccccc1C(=O)OCC(CC)CCCC.Cc1ccc(OP(=O)(O)Oc2ccc(C)cc2)cc1. The fourth-order valence-electron chi connectivity index (χ4n) is 4.66. The normalized spacial score (nSPS) is 12.2. The first kappa shape index (κ1) is 39.6. The molecule has 3 aromatic rings. The van der Waals surface area contributed by atoms with Crippen LogP contribution in [0.4, 0.5) is 0 Å². The van der Waals surface area contributed by atoms with E-state index in [0.717, 1.165) is 62.5 Å². The minimum absolute atomic E-state index is 0.291. The minimum Gasteiger partial charge on any atom is -0.462 e. The Bertz CT molecular complexity index is 1290. The van der Waals surface area contributed by atoms with E-state index in [-0.39, 0.29) is 0 Å². The maximum absolute atomic E-state index is 12.6. The van der Waals surface area contributed by atoms with Gasteiger partial charge in [-0.2, -0.15) is 0 Å². The average Bonchev–Trinajstić information content (AvgIpc) is 3.07. The van der Waals surface area contributed by atoms with Gasteiger partial charge in [0.2, 0.25) is 0 Å². The van der Waals surface area contributed by atoms with E-state index in [1.807, 2.05) is 13.8 Å². The molecule has 0 amide bonds. The van der Waals surface area contributed by atoms with Crippen molar-refractivity contribution in [2.45, 2.75) is 92.9 Å². The lowest BCUT2D eigenvalue weighted by molar-refractivity contribution is 0.0381. The first-order chi connectivity index (χ1) is 22.5. The van der Waals surface area contributed by atoms with Crippen LogP contribution in [0, 0.1) is 25.7 Å². The van der Waals surface area contributed by atoms with E-state index in [1.54, 1.807) is 72.8 Å². The Morgan fingerprint density at radius 2 is 1.00 bits per heavy atom. The lowest BCUT2D eigenvalue weighted by Crippen LogP contribution is -2.19. The zero-order chi connectivity index (χ0) is 34.7. The minimum atomic E-state index is -4.17. The summed E-state index contributed by atoms with van der Waals surface area (Å²) in [6.07, 6.45) is 8.61. The van der Waals surface area contributed by atoms with Crippen LogP contribution in [0.3, 0.4) is 0 Å². The number of hydrogen-bond donors (Lipinski definition) is 1. The van der Waals surface area contributed by atoms with Crippen LogP contribution in [0.15, 0.2) is 72.8 Å². The summed E-state index contributed by atoms with van der Waals surface area (Å²) in [6, 6.07) is 20.4. The lowest BCUT2D eigenvalue weighted by Gasteiger charge is -2.17. The number of ether oxygens (including phenoxy) is 2. The number of rotatable bonds is 18. The summed E-state index contributed by atoms with van der Waals surface area (Å²) in [5.74, 6) is 0.437. The second kappa shape index (κ2) is 21.3. The van der Waals surface area contributed by atoms with Crippen molar-refractivity contribution in [3.05, 3.63) is 95.1 Å². The van der Waals surface area contributed by atoms with E-state index in [0.29, 0.717) is 47.7 Å². The third-order valence-corrected chi connectivity index (χ3v) is 8.72. The third-order valence-electron chi connectivity index (χ3n) is 7.84. The molecule has 3 rings (SSSR count). The van der Waals surface area contributed by atoms with E-state index < -0.39 is 19.8 Å². The number of phosphoric acid groups is 1. The van der Waals surface area contributed by atoms with Crippen molar-refractivity contribution >= 4 is 19.8 Å². The highest BCUT2D eigenvalue weighted by molar-refractivity contribution is 7.48. The Balaban J connectivity index is 0.000000350. The van der Waals surface area contributed by atoms with E-state index in [2.05, 4.69) is 27.7 Å². The van der Waals surface area contributed by atoms with Gasteiger partial charge in [-0.25, -0.2) is 14.2 Å². The number of carbonyl (C=O) groups excluding carboxylic acids is 2. The van der Waals surface area contributed by atoms with Crippen molar-refractivity contribution in [3.8, 4) is 11.5 Å². The summed E-state index contributed by atoms with van der Waals surface area (Å²) in [4.78, 5) is 34.8. The van der Waals surface area contributed by atoms with Crippen molar-refractivity contribution in [3.63, 3.8) is 0 Å². The van der Waals surface area contributed by atoms with Gasteiger partial charge in [-0.3, -0.25) is 4.89 Å². The predicted octanol–water partition coefficient (Wildman–Crippen LogP) is 10.3. The second-order valence-corrected chi connectivity index (χ2v) is 13.2. The molecular formula is C38H53O8P. The standard InChI is InChI=1S/C24H38O4.C14H15O4P/c1-5-9-13-19(7-3)17-27-23(25)21-15-11-12-16-22(21)24(26)28-18-20(8-4)14-10-6-2;1-11-3-7-13(8-4-11)17-19(15,16)18-14-9-5-12(2)6-10-14/h11-12,15-16,19-20H,5-10,13-14,17-18H2,1-4H3;3-10H,1-2H3,(H,15,16). The van der Waals surface area contributed by atoms with Gasteiger partial charge in [-0.05, 0) is 74.9 Å². The van der Waals surface area contributed by atoms with Crippen molar-refractivity contribution in [1.82, 2.24) is 0 Å². The largest absolute Gasteiger partial charge is 0.584 e. The molecule has 0 aliphatic heterocycles. The summed E-state index contributed by atoms with van der Waals surface area (Å²) < 4.78 is 32.8. The molecule has 0 fully saturated rings. The Morgan fingerprint density at radius 3 is 1.32 bits per heavy atom. The number of phosphoric ester groups is 1. The number of aryl methyl sites for hydroxylation is 2. The molecule has 0 saturated carbocycles. The molecule has 0 spiro atoms. The topological polar surface area (TPSA) is 108 Å². The first-order valence-electron chi connectivity index (χ1n) is 16.8. The van der Waals surface area contributed by atoms with E-state index in [9.17, 15) is 19.0 Å². The van der Waals surface area contributed by atoms with Crippen LogP contribution in [0.2, 0.25) is 0 Å². The van der Waals surface area contributed by atoms with Crippen LogP contribution < -0.4 is 9.05 Å². The first-order valence-corrected chi connectivity index (χ1v) is 18.3. The molecule has 0 aliphatic rings. The van der Waals surface area contributed by atoms with Gasteiger partial charge in [-0.1, -0.05) is 114 Å². The van der Waals surface area contributed by atoms with Crippen molar-refractivity contribution in [1.29, 1.82) is 0 Å². The average molecular weight is 669 g/mol. The number of benzene rings is 3. The highest BCUT2D eigenvalue weighted by Gasteiger charge is 2.25. The van der Waals surface area contributed by atoms with Crippen molar-refractivity contribution in [2.24, 2.45) is 11.8 Å². The molecule has 2 atom stereocenters. The van der Waals surface area contributed by atoms with Gasteiger partial charge in [0.15, 0.2) is 0 Å². The lowest BCUT2D eigenvalue weighted by atomic mass is 10.0. The van der Waals surface area contributed by atoms with Gasteiger partial charge >= 0.3 is 19.8 Å². The fraction of sp³-hybridized carbons (Fsp3) is 0.474. The van der Waals surface area contributed by atoms with Crippen LogP contribution in [0.1, 0.15) is 111 Å². The highest BCUT2D eigenvalue weighted by Crippen LogP contribution is 2.44. The van der Waals surface area contributed by atoms with Crippen molar-refractivity contribution < 1.29 is 37.6 Å². The number of carbonyl (C=O) groups is 2. The quantitative estimate of drug-likeness (QED) is 0.105. The maximum atomic E-state index is 12.6. The Hall–Kier alpha value is -3.61. The van der Waals surface area contributed by atoms with Gasteiger partial charge in [0.1, 0.15) is 11.5 Å². The Labute approximate surface area is 281 Å². The van der Waals surface area contributed by atoms with Crippen LogP contribution in [-0.2, 0) is 14.0 Å². The molecule has 1 N–H and O–H groups in total. The number of esters is 2. The molecule has 0 aliphatic carbocycles. The molecule has 0 bridgehead atoms. The summed E-state index contributed by atoms with van der Waals surface area (Å²) in [6.45, 7) is 13.2. The molecule has 0 radical (unpaired) electrons. The van der Waals surface area contributed by atoms with Crippen molar-refractivity contribution in [2.75, 3.05) is 13.2 Å². The van der Waals surface area contributed by atoms with Crippen LogP contribution in [-0.4, -0.2) is 30.0 Å². The summed E-state index contributed by atoms with van der Waals surface area (Å²) in [5, 5.41) is 0. The van der Waals surface area contributed by atoms with E-state index in [4.69, 9.17) is 18.5 Å².